The van der Waals surface area contributed by atoms with Crippen LogP contribution in [0.2, 0.25) is 0 Å². The molecule has 0 aliphatic heterocycles. The van der Waals surface area contributed by atoms with Gasteiger partial charge in [-0.25, -0.2) is 9.18 Å². The van der Waals surface area contributed by atoms with Crippen LogP contribution in [0.15, 0.2) is 42.5 Å². The number of benzene rings is 2. The van der Waals surface area contributed by atoms with Crippen molar-refractivity contribution in [1.29, 1.82) is 5.26 Å². The van der Waals surface area contributed by atoms with E-state index in [2.05, 4.69) is 5.32 Å². The molecule has 0 amide bonds. The van der Waals surface area contributed by atoms with Gasteiger partial charge < -0.3 is 10.1 Å². The molecule has 2 aromatic carbocycles. The molecule has 21 heavy (non-hydrogen) atoms. The first-order valence-corrected chi connectivity index (χ1v) is 6.26. The molecule has 0 saturated carbocycles. The van der Waals surface area contributed by atoms with E-state index < -0.39 is 11.8 Å². The van der Waals surface area contributed by atoms with Crippen LogP contribution < -0.4 is 5.32 Å². The quantitative estimate of drug-likeness (QED) is 0.876. The van der Waals surface area contributed by atoms with E-state index in [0.29, 0.717) is 16.8 Å². The van der Waals surface area contributed by atoms with Gasteiger partial charge in [-0.2, -0.15) is 5.26 Å². The standard InChI is InChI=1S/C16H13FN2O2/c1-21-16(20)12-6-3-2-5-11(12)10-19-15-8-4-7-14(17)13(15)9-18/h2-8,19H,10H2,1H3. The number of carbonyl (C=O) groups excluding carboxylic acids is 1. The minimum Gasteiger partial charge on any atom is -0.465 e. The largest absolute Gasteiger partial charge is 0.465 e. The maximum absolute atomic E-state index is 13.5. The zero-order chi connectivity index (χ0) is 15.2. The number of methoxy groups -OCH3 is 1. The molecule has 0 unspecified atom stereocenters. The van der Waals surface area contributed by atoms with E-state index in [1.807, 2.05) is 6.07 Å². The van der Waals surface area contributed by atoms with E-state index in [1.165, 1.54) is 19.2 Å². The molecule has 2 aromatic rings. The van der Waals surface area contributed by atoms with Crippen LogP contribution in [0.1, 0.15) is 21.5 Å². The molecule has 4 nitrogen and oxygen atoms in total. The Labute approximate surface area is 121 Å². The smallest absolute Gasteiger partial charge is 0.338 e. The van der Waals surface area contributed by atoms with E-state index in [1.54, 1.807) is 30.3 Å². The zero-order valence-electron chi connectivity index (χ0n) is 11.4. The first-order chi connectivity index (χ1) is 10.2. The van der Waals surface area contributed by atoms with Gasteiger partial charge in [-0.15, -0.1) is 0 Å². The molecule has 0 aliphatic carbocycles. The van der Waals surface area contributed by atoms with Crippen molar-refractivity contribution in [2.24, 2.45) is 0 Å². The van der Waals surface area contributed by atoms with Gasteiger partial charge in [0.1, 0.15) is 17.4 Å². The minimum atomic E-state index is -0.580. The Morgan fingerprint density at radius 3 is 2.76 bits per heavy atom. The number of halogens is 1. The van der Waals surface area contributed by atoms with Crippen molar-refractivity contribution < 1.29 is 13.9 Å². The lowest BCUT2D eigenvalue weighted by atomic mass is 10.1. The van der Waals surface area contributed by atoms with Gasteiger partial charge in [0.15, 0.2) is 0 Å². The lowest BCUT2D eigenvalue weighted by Crippen LogP contribution is -2.09. The zero-order valence-corrected chi connectivity index (χ0v) is 11.4. The predicted octanol–water partition coefficient (Wildman–Crippen LogP) is 3.10. The molecule has 0 bridgehead atoms. The van der Waals surface area contributed by atoms with E-state index in [0.717, 1.165) is 0 Å². The van der Waals surface area contributed by atoms with Crippen LogP contribution in [-0.2, 0) is 11.3 Å². The van der Waals surface area contributed by atoms with Crippen molar-refractivity contribution in [3.8, 4) is 6.07 Å². The second kappa shape index (κ2) is 6.53. The Bertz CT molecular complexity index is 708. The maximum atomic E-state index is 13.5. The Hall–Kier alpha value is -2.87. The molecule has 2 rings (SSSR count). The molecule has 0 aliphatic rings. The van der Waals surface area contributed by atoms with E-state index in [9.17, 15) is 9.18 Å². The highest BCUT2D eigenvalue weighted by atomic mass is 19.1. The van der Waals surface area contributed by atoms with Gasteiger partial charge in [0.25, 0.3) is 0 Å². The fraction of sp³-hybridized carbons (Fsp3) is 0.125. The number of esters is 1. The number of hydrogen-bond donors (Lipinski definition) is 1. The van der Waals surface area contributed by atoms with Gasteiger partial charge in [0.05, 0.1) is 18.4 Å². The van der Waals surface area contributed by atoms with Gasteiger partial charge in [-0.3, -0.25) is 0 Å². The molecule has 0 saturated heterocycles. The Morgan fingerprint density at radius 1 is 1.29 bits per heavy atom. The highest BCUT2D eigenvalue weighted by Gasteiger charge is 2.12. The highest BCUT2D eigenvalue weighted by Crippen LogP contribution is 2.19. The molecule has 0 atom stereocenters. The van der Waals surface area contributed by atoms with Crippen LogP contribution in [0, 0.1) is 17.1 Å². The van der Waals surface area contributed by atoms with E-state index >= 15 is 0 Å². The molecule has 0 aromatic heterocycles. The third-order valence-corrected chi connectivity index (χ3v) is 3.02. The summed E-state index contributed by atoms with van der Waals surface area (Å²) in [5, 5.41) is 11.9. The van der Waals surface area contributed by atoms with Gasteiger partial charge in [0, 0.05) is 6.54 Å². The summed E-state index contributed by atoms with van der Waals surface area (Å²) in [6.07, 6.45) is 0. The van der Waals surface area contributed by atoms with Gasteiger partial charge >= 0.3 is 5.97 Å². The molecule has 106 valence electrons. The van der Waals surface area contributed by atoms with Crippen molar-refractivity contribution >= 4 is 11.7 Å². The number of nitrogens with one attached hydrogen (secondary N) is 1. The summed E-state index contributed by atoms with van der Waals surface area (Å²) in [6, 6.07) is 13.1. The Kier molecular flexibility index (Phi) is 4.52. The third kappa shape index (κ3) is 3.18. The van der Waals surface area contributed by atoms with Crippen LogP contribution in [0.3, 0.4) is 0 Å². The van der Waals surface area contributed by atoms with Crippen LogP contribution in [0.25, 0.3) is 0 Å². The number of carbonyl (C=O) groups is 1. The summed E-state index contributed by atoms with van der Waals surface area (Å²) in [7, 11) is 1.31. The molecular weight excluding hydrogens is 271 g/mol. The van der Waals surface area contributed by atoms with Gasteiger partial charge in [-0.05, 0) is 23.8 Å². The van der Waals surface area contributed by atoms with Crippen molar-refractivity contribution in [2.75, 3.05) is 12.4 Å². The Balaban J connectivity index is 2.24. The monoisotopic (exact) mass is 284 g/mol. The van der Waals surface area contributed by atoms with Crippen molar-refractivity contribution in [3.63, 3.8) is 0 Å². The fourth-order valence-corrected chi connectivity index (χ4v) is 1.96. The molecule has 5 heteroatoms. The van der Waals surface area contributed by atoms with E-state index in [-0.39, 0.29) is 12.1 Å². The highest BCUT2D eigenvalue weighted by molar-refractivity contribution is 5.91. The molecular formula is C16H13FN2O2. The molecule has 0 heterocycles. The summed E-state index contributed by atoms with van der Waals surface area (Å²) in [5.74, 6) is -1.02. The summed E-state index contributed by atoms with van der Waals surface area (Å²) in [6.45, 7) is 0.281. The third-order valence-electron chi connectivity index (χ3n) is 3.02. The van der Waals surface area contributed by atoms with Gasteiger partial charge in [-0.1, -0.05) is 24.3 Å². The molecule has 0 radical (unpaired) electrons. The second-order valence-corrected chi connectivity index (χ2v) is 4.28. The molecule has 0 spiro atoms. The number of ether oxygens (including phenoxy) is 1. The average molecular weight is 284 g/mol. The van der Waals surface area contributed by atoms with Crippen molar-refractivity contribution in [3.05, 3.63) is 65.0 Å². The molecule has 1 N–H and O–H groups in total. The maximum Gasteiger partial charge on any atom is 0.338 e. The van der Waals surface area contributed by atoms with Crippen LogP contribution >= 0.6 is 0 Å². The van der Waals surface area contributed by atoms with Crippen LogP contribution in [0.4, 0.5) is 10.1 Å². The summed E-state index contributed by atoms with van der Waals surface area (Å²) in [4.78, 5) is 11.7. The second-order valence-electron chi connectivity index (χ2n) is 4.28. The topological polar surface area (TPSA) is 62.1 Å². The first kappa shape index (κ1) is 14.5. The number of hydrogen-bond acceptors (Lipinski definition) is 4. The van der Waals surface area contributed by atoms with E-state index in [4.69, 9.17) is 10.00 Å². The lowest BCUT2D eigenvalue weighted by Gasteiger charge is -2.11. The number of nitriles is 1. The minimum absolute atomic E-state index is 0.0481. The summed E-state index contributed by atoms with van der Waals surface area (Å²) >= 11 is 0. The summed E-state index contributed by atoms with van der Waals surface area (Å²) < 4.78 is 18.2. The SMILES string of the molecule is COC(=O)c1ccccc1CNc1cccc(F)c1C#N. The fourth-order valence-electron chi connectivity index (χ4n) is 1.96. The van der Waals surface area contributed by atoms with Gasteiger partial charge in [0.2, 0.25) is 0 Å². The number of rotatable bonds is 4. The molecule has 0 fully saturated rings. The number of anilines is 1. The normalized spacial score (nSPS) is 9.76. The van der Waals surface area contributed by atoms with Crippen LogP contribution in [-0.4, -0.2) is 13.1 Å². The first-order valence-electron chi connectivity index (χ1n) is 6.26. The Morgan fingerprint density at radius 2 is 2.05 bits per heavy atom. The van der Waals surface area contributed by atoms with Crippen LogP contribution in [0.5, 0.6) is 0 Å². The average Bonchev–Trinajstić information content (AvgIpc) is 2.52. The summed E-state index contributed by atoms with van der Waals surface area (Å²) in [5.41, 5.74) is 1.48. The van der Waals surface area contributed by atoms with Crippen molar-refractivity contribution in [2.45, 2.75) is 6.54 Å². The lowest BCUT2D eigenvalue weighted by molar-refractivity contribution is 0.0599. The predicted molar refractivity (Wildman–Crippen MR) is 76.2 cm³/mol. The van der Waals surface area contributed by atoms with Crippen molar-refractivity contribution in [1.82, 2.24) is 0 Å². The number of nitrogens with zero attached hydrogens (tertiary/aromatic N) is 1.